The van der Waals surface area contributed by atoms with E-state index in [9.17, 15) is 14.7 Å². The van der Waals surface area contributed by atoms with Crippen LogP contribution in [-0.2, 0) is 14.3 Å². The highest BCUT2D eigenvalue weighted by Crippen LogP contribution is 2.44. The van der Waals surface area contributed by atoms with Crippen LogP contribution in [0.1, 0.15) is 43.5 Å². The average Bonchev–Trinajstić information content (AvgIpc) is 2.74. The molecule has 1 saturated carbocycles. The Morgan fingerprint density at radius 2 is 2.04 bits per heavy atom. The third-order valence-electron chi connectivity index (χ3n) is 4.63. The van der Waals surface area contributed by atoms with Crippen molar-refractivity contribution < 1.29 is 24.2 Å². The number of aliphatic hydroxyl groups is 1. The van der Waals surface area contributed by atoms with Crippen LogP contribution in [0.3, 0.4) is 0 Å². The molecule has 124 valence electrons. The predicted octanol–water partition coefficient (Wildman–Crippen LogP) is 2.32. The van der Waals surface area contributed by atoms with Crippen LogP contribution in [0.4, 0.5) is 0 Å². The fourth-order valence-corrected chi connectivity index (χ4v) is 3.67. The minimum absolute atomic E-state index is 0.0853. The maximum absolute atomic E-state index is 12.4. The van der Waals surface area contributed by atoms with Crippen LogP contribution in [0.15, 0.2) is 30.3 Å². The van der Waals surface area contributed by atoms with E-state index in [-0.39, 0.29) is 18.8 Å². The molecule has 2 aliphatic rings. The highest BCUT2D eigenvalue weighted by molar-refractivity contribution is 5.89. The average molecular weight is 318 g/mol. The summed E-state index contributed by atoms with van der Waals surface area (Å²) in [6.45, 7) is 4.14. The summed E-state index contributed by atoms with van der Waals surface area (Å²) >= 11 is 0. The normalized spacial score (nSPS) is 32.7. The van der Waals surface area contributed by atoms with E-state index in [2.05, 4.69) is 13.8 Å². The SMILES string of the molecule is CC(C)C[C@@H]1C[C@]2(O)C[C@H](OC2=O)[C@@H]1OC(=O)c1ccccc1. The Morgan fingerprint density at radius 3 is 2.70 bits per heavy atom. The summed E-state index contributed by atoms with van der Waals surface area (Å²) in [7, 11) is 0. The van der Waals surface area contributed by atoms with E-state index in [0.717, 1.165) is 6.42 Å². The van der Waals surface area contributed by atoms with Crippen molar-refractivity contribution in [2.24, 2.45) is 11.8 Å². The highest BCUT2D eigenvalue weighted by atomic mass is 16.6. The van der Waals surface area contributed by atoms with Gasteiger partial charge in [0.15, 0.2) is 5.60 Å². The minimum atomic E-state index is -1.42. The van der Waals surface area contributed by atoms with Crippen molar-refractivity contribution in [1.29, 1.82) is 0 Å². The van der Waals surface area contributed by atoms with Crippen molar-refractivity contribution in [3.63, 3.8) is 0 Å². The van der Waals surface area contributed by atoms with Crippen LogP contribution < -0.4 is 0 Å². The first kappa shape index (κ1) is 16.0. The Bertz CT molecular complexity index is 597. The number of esters is 2. The lowest BCUT2D eigenvalue weighted by molar-refractivity contribution is -0.154. The lowest BCUT2D eigenvalue weighted by Crippen LogP contribution is -2.47. The van der Waals surface area contributed by atoms with E-state index in [1.807, 2.05) is 6.07 Å². The van der Waals surface area contributed by atoms with Crippen LogP contribution >= 0.6 is 0 Å². The van der Waals surface area contributed by atoms with E-state index in [0.29, 0.717) is 11.5 Å². The molecule has 1 N–H and O–H groups in total. The molecule has 3 rings (SSSR count). The fourth-order valence-electron chi connectivity index (χ4n) is 3.67. The molecule has 1 saturated heterocycles. The van der Waals surface area contributed by atoms with Gasteiger partial charge in [0.1, 0.15) is 12.2 Å². The molecule has 2 bridgehead atoms. The first-order valence-corrected chi connectivity index (χ1v) is 8.08. The molecule has 0 unspecified atom stereocenters. The first-order chi connectivity index (χ1) is 10.9. The van der Waals surface area contributed by atoms with Crippen molar-refractivity contribution in [2.75, 3.05) is 0 Å². The summed E-state index contributed by atoms with van der Waals surface area (Å²) in [6, 6.07) is 8.77. The van der Waals surface area contributed by atoms with E-state index in [1.165, 1.54) is 0 Å². The van der Waals surface area contributed by atoms with Crippen LogP contribution in [0.25, 0.3) is 0 Å². The number of fused-ring (bicyclic) bond motifs is 2. The van der Waals surface area contributed by atoms with Gasteiger partial charge < -0.3 is 14.6 Å². The topological polar surface area (TPSA) is 72.8 Å². The van der Waals surface area contributed by atoms with Gasteiger partial charge in [-0.25, -0.2) is 9.59 Å². The molecule has 0 amide bonds. The van der Waals surface area contributed by atoms with Gasteiger partial charge in [-0.2, -0.15) is 0 Å². The summed E-state index contributed by atoms with van der Waals surface area (Å²) in [5.41, 5.74) is -0.944. The van der Waals surface area contributed by atoms with E-state index >= 15 is 0 Å². The number of hydrogen-bond acceptors (Lipinski definition) is 5. The number of hydrogen-bond donors (Lipinski definition) is 1. The Hall–Kier alpha value is -1.88. The monoisotopic (exact) mass is 318 g/mol. The van der Waals surface area contributed by atoms with Crippen molar-refractivity contribution in [2.45, 2.75) is 50.9 Å². The number of rotatable bonds is 4. The molecule has 1 aromatic rings. The summed E-state index contributed by atoms with van der Waals surface area (Å²) in [4.78, 5) is 24.3. The van der Waals surface area contributed by atoms with Gasteiger partial charge in [-0.05, 0) is 30.9 Å². The maximum atomic E-state index is 12.4. The Morgan fingerprint density at radius 1 is 1.35 bits per heavy atom. The standard InChI is InChI=1S/C18H22O5/c1-11(2)8-13-9-18(21)10-14(22-17(18)20)15(13)23-16(19)12-6-4-3-5-7-12/h3-7,11,13-15,21H,8-10H2,1-2H3/t13-,14+,15-,18+/m1/s1. The van der Waals surface area contributed by atoms with Crippen LogP contribution in [0.5, 0.6) is 0 Å². The molecule has 1 aliphatic carbocycles. The molecule has 4 atom stereocenters. The number of benzene rings is 1. The minimum Gasteiger partial charge on any atom is -0.456 e. The van der Waals surface area contributed by atoms with E-state index in [1.54, 1.807) is 24.3 Å². The molecular weight excluding hydrogens is 296 g/mol. The molecule has 1 aliphatic heterocycles. The van der Waals surface area contributed by atoms with Gasteiger partial charge in [0.05, 0.1) is 5.56 Å². The zero-order valence-electron chi connectivity index (χ0n) is 13.4. The highest BCUT2D eigenvalue weighted by Gasteiger charge is 2.58. The quantitative estimate of drug-likeness (QED) is 0.863. The molecule has 0 spiro atoms. The number of carbonyl (C=O) groups excluding carboxylic acids is 2. The zero-order valence-corrected chi connectivity index (χ0v) is 13.4. The molecular formula is C18H22O5. The van der Waals surface area contributed by atoms with Crippen LogP contribution in [0.2, 0.25) is 0 Å². The van der Waals surface area contributed by atoms with Crippen molar-refractivity contribution >= 4 is 11.9 Å². The molecule has 0 aromatic heterocycles. The van der Waals surface area contributed by atoms with Gasteiger partial charge in [-0.1, -0.05) is 32.0 Å². The van der Waals surface area contributed by atoms with Gasteiger partial charge >= 0.3 is 11.9 Å². The summed E-state index contributed by atoms with van der Waals surface area (Å²) < 4.78 is 11.0. The Balaban J connectivity index is 1.80. The number of ether oxygens (including phenoxy) is 2. The Labute approximate surface area is 135 Å². The van der Waals surface area contributed by atoms with E-state index < -0.39 is 29.7 Å². The predicted molar refractivity (Wildman–Crippen MR) is 82.7 cm³/mol. The second-order valence-electron chi connectivity index (χ2n) is 7.01. The van der Waals surface area contributed by atoms with E-state index in [4.69, 9.17) is 9.47 Å². The fraction of sp³-hybridized carbons (Fsp3) is 0.556. The first-order valence-electron chi connectivity index (χ1n) is 8.08. The summed E-state index contributed by atoms with van der Waals surface area (Å²) in [6.07, 6.45) is 0.192. The lowest BCUT2D eigenvalue weighted by Gasteiger charge is -2.37. The summed E-state index contributed by atoms with van der Waals surface area (Å²) in [5, 5.41) is 10.4. The Kier molecular flexibility index (Phi) is 4.15. The second-order valence-corrected chi connectivity index (χ2v) is 7.01. The van der Waals surface area contributed by atoms with Crippen molar-refractivity contribution in [3.05, 3.63) is 35.9 Å². The smallest absolute Gasteiger partial charge is 0.338 e. The van der Waals surface area contributed by atoms with Gasteiger partial charge in [0.2, 0.25) is 0 Å². The molecule has 5 heteroatoms. The molecule has 1 heterocycles. The molecule has 5 nitrogen and oxygen atoms in total. The van der Waals surface area contributed by atoms with Crippen molar-refractivity contribution in [3.8, 4) is 0 Å². The van der Waals surface area contributed by atoms with Gasteiger partial charge in [-0.3, -0.25) is 0 Å². The van der Waals surface area contributed by atoms with Gasteiger partial charge in [0.25, 0.3) is 0 Å². The largest absolute Gasteiger partial charge is 0.456 e. The maximum Gasteiger partial charge on any atom is 0.338 e. The number of carbonyl (C=O) groups is 2. The van der Waals surface area contributed by atoms with Crippen molar-refractivity contribution in [1.82, 2.24) is 0 Å². The van der Waals surface area contributed by atoms with Crippen LogP contribution in [0, 0.1) is 11.8 Å². The summed E-state index contributed by atoms with van der Waals surface area (Å²) in [5.74, 6) is -0.723. The van der Waals surface area contributed by atoms with Crippen LogP contribution in [-0.4, -0.2) is 34.9 Å². The second kappa shape index (κ2) is 5.96. The van der Waals surface area contributed by atoms with Gasteiger partial charge in [-0.15, -0.1) is 0 Å². The molecule has 0 radical (unpaired) electrons. The molecule has 1 aromatic carbocycles. The van der Waals surface area contributed by atoms with Gasteiger partial charge in [0, 0.05) is 12.3 Å². The molecule has 2 fully saturated rings. The molecule has 23 heavy (non-hydrogen) atoms. The zero-order chi connectivity index (χ0) is 16.6. The lowest BCUT2D eigenvalue weighted by atomic mass is 9.73. The third kappa shape index (κ3) is 3.11. The third-order valence-corrected chi connectivity index (χ3v) is 4.63.